The maximum atomic E-state index is 14.2. The molecule has 0 amide bonds. The highest BCUT2D eigenvalue weighted by atomic mass is 31.1. The molecular weight excluding hydrogens is 790 g/mol. The number of hydrogen-bond donors (Lipinski definition) is 0. The average molecular weight is 817 g/mol. The largest absolute Gasteiger partial charge is 0.492 e. The van der Waals surface area contributed by atoms with Gasteiger partial charge in [-0.25, -0.2) is 0 Å². The Hall–Kier alpha value is -4.28. The molecule has 2 heterocycles. The summed E-state index contributed by atoms with van der Waals surface area (Å²) < 4.78 is 182. The van der Waals surface area contributed by atoms with Crippen LogP contribution in [0.25, 0.3) is 0 Å². The van der Waals surface area contributed by atoms with E-state index in [1.54, 1.807) is 12.1 Å². The van der Waals surface area contributed by atoms with Crippen molar-refractivity contribution < 1.29 is 62.2 Å². The number of hydrogen-bond acceptors (Lipinski definition) is 2. The molecule has 55 heavy (non-hydrogen) atoms. The minimum Gasteiger partial charge on any atom is -0.492 e. The highest BCUT2D eigenvalue weighted by Gasteiger charge is 2.41. The smallest absolute Gasteiger partial charge is 0.416 e. The van der Waals surface area contributed by atoms with E-state index in [1.165, 1.54) is 12.1 Å². The van der Waals surface area contributed by atoms with Gasteiger partial charge in [-0.3, -0.25) is 0 Å². The second-order valence-electron chi connectivity index (χ2n) is 12.8. The first-order valence-electron chi connectivity index (χ1n) is 16.5. The van der Waals surface area contributed by atoms with Crippen LogP contribution in [0.1, 0.15) is 38.9 Å². The minimum atomic E-state index is -5.34. The van der Waals surface area contributed by atoms with Gasteiger partial charge in [0, 0.05) is 29.6 Å². The van der Waals surface area contributed by atoms with Gasteiger partial charge in [0.05, 0.1) is 35.5 Å². The van der Waals surface area contributed by atoms with Crippen molar-refractivity contribution in [1.82, 2.24) is 0 Å². The lowest BCUT2D eigenvalue weighted by atomic mass is 10.1. The van der Waals surface area contributed by atoms with E-state index >= 15 is 0 Å². The molecule has 7 rings (SSSR count). The van der Waals surface area contributed by atoms with Gasteiger partial charge in [-0.15, -0.1) is 0 Å². The summed E-state index contributed by atoms with van der Waals surface area (Å²) in [7, 11) is -4.52. The Bertz CT molecular complexity index is 2050. The van der Waals surface area contributed by atoms with Gasteiger partial charge in [-0.1, -0.05) is 60.7 Å². The van der Waals surface area contributed by atoms with Crippen molar-refractivity contribution in [2.75, 3.05) is 13.2 Å². The van der Waals surface area contributed by atoms with Gasteiger partial charge in [0.15, 0.2) is 0 Å². The van der Waals surface area contributed by atoms with Crippen LogP contribution in [-0.2, 0) is 43.7 Å². The summed E-state index contributed by atoms with van der Waals surface area (Å²) in [6, 6.07) is 18.7. The van der Waals surface area contributed by atoms with Crippen molar-refractivity contribution in [3.63, 3.8) is 0 Å². The van der Waals surface area contributed by atoms with Gasteiger partial charge in [-0.05, 0) is 84.8 Å². The van der Waals surface area contributed by atoms with E-state index in [0.717, 1.165) is 11.1 Å². The van der Waals surface area contributed by atoms with Crippen LogP contribution >= 0.6 is 15.8 Å². The van der Waals surface area contributed by atoms with Crippen LogP contribution in [0.5, 0.6) is 11.5 Å². The van der Waals surface area contributed by atoms with E-state index in [-0.39, 0.29) is 12.1 Å². The van der Waals surface area contributed by atoms with Gasteiger partial charge < -0.3 is 9.47 Å². The van der Waals surface area contributed by atoms with Crippen LogP contribution in [0.4, 0.5) is 52.7 Å². The van der Waals surface area contributed by atoms with Gasteiger partial charge in [0.25, 0.3) is 0 Å². The summed E-state index contributed by atoms with van der Waals surface area (Å²) in [5.74, 6) is 1.17. The van der Waals surface area contributed by atoms with Crippen LogP contribution in [0.3, 0.4) is 0 Å². The fraction of sp³-hybridized carbons (Fsp3) is 0.231. The molecule has 0 bridgehead atoms. The lowest BCUT2D eigenvalue weighted by Gasteiger charge is -2.28. The molecule has 0 saturated carbocycles. The summed E-state index contributed by atoms with van der Waals surface area (Å²) in [6.45, 7) is 0.750. The first-order chi connectivity index (χ1) is 25.8. The summed E-state index contributed by atoms with van der Waals surface area (Å²) in [5.41, 5.74) is -4.93. The van der Waals surface area contributed by atoms with Crippen molar-refractivity contribution in [1.29, 1.82) is 0 Å². The summed E-state index contributed by atoms with van der Waals surface area (Å²) in [5, 5.41) is 0.516. The number of fused-ring (bicyclic) bond motifs is 2. The maximum Gasteiger partial charge on any atom is 0.416 e. The molecule has 0 aromatic heterocycles. The summed E-state index contributed by atoms with van der Waals surface area (Å²) >= 11 is 0. The predicted octanol–water partition coefficient (Wildman–Crippen LogP) is 10.0. The highest BCUT2D eigenvalue weighted by molar-refractivity contribution is 7.80. The Balaban J connectivity index is 1.49. The molecule has 0 saturated heterocycles. The SMILES string of the molecule is FC(F)(F)c1cc(P(Cc2ccccc2P(c2cccc3c2OCC3)c2cccc3c2OCC3)c2cc(C(F)(F)F)cc(C(F)(F)F)c2)cc(C(F)(F)F)c1. The number of ether oxygens (including phenoxy) is 2. The van der Waals surface area contributed by atoms with E-state index in [9.17, 15) is 52.7 Å². The third-order valence-corrected chi connectivity index (χ3v) is 14.2. The molecule has 2 aliphatic heterocycles. The number of para-hydroxylation sites is 2. The topological polar surface area (TPSA) is 18.5 Å². The molecule has 0 atom stereocenters. The maximum absolute atomic E-state index is 14.2. The van der Waals surface area contributed by atoms with Gasteiger partial charge in [0.2, 0.25) is 0 Å². The number of halogens is 12. The van der Waals surface area contributed by atoms with Crippen LogP contribution < -0.4 is 36.0 Å². The molecule has 0 fully saturated rings. The van der Waals surface area contributed by atoms with Crippen molar-refractivity contribution in [3.05, 3.63) is 136 Å². The van der Waals surface area contributed by atoms with E-state index in [2.05, 4.69) is 0 Å². The van der Waals surface area contributed by atoms with Gasteiger partial charge in [-0.2, -0.15) is 52.7 Å². The number of benzene rings is 5. The zero-order chi connectivity index (χ0) is 39.5. The molecule has 0 N–H and O–H groups in total. The number of rotatable bonds is 7. The first kappa shape index (κ1) is 39.0. The zero-order valence-corrected chi connectivity index (χ0v) is 29.8. The fourth-order valence-electron chi connectivity index (χ4n) is 6.69. The second kappa shape index (κ2) is 14.3. The lowest BCUT2D eigenvalue weighted by molar-refractivity contribution is -0.144. The Morgan fingerprint density at radius 3 is 1.24 bits per heavy atom. The molecule has 2 aliphatic rings. The normalized spacial score (nSPS) is 14.6. The Labute approximate surface area is 308 Å². The standard InChI is InChI=1S/C39H26F12O2P2/c40-36(41,42)25-15-26(37(43,44)45)18-29(17-25)54(30-19-27(38(46,47)48)16-28(20-30)39(49,50)51)21-24-5-1-2-8-31(24)55(32-9-3-6-22-11-13-52-34(22)32)33-10-4-7-23-12-14-53-35(23)33/h1-10,15-20H,11-14,21H2. The molecule has 5 aromatic rings. The monoisotopic (exact) mass is 816 g/mol. The van der Waals surface area contributed by atoms with E-state index in [0.29, 0.717) is 83.3 Å². The van der Waals surface area contributed by atoms with Gasteiger partial charge in [0.1, 0.15) is 11.5 Å². The zero-order valence-electron chi connectivity index (χ0n) is 28.0. The quantitative estimate of drug-likeness (QED) is 0.120. The second-order valence-corrected chi connectivity index (χ2v) is 17.1. The van der Waals surface area contributed by atoms with Crippen molar-refractivity contribution in [3.8, 4) is 11.5 Å². The summed E-state index contributed by atoms with van der Waals surface area (Å²) in [6.07, 6.45) is -20.7. The lowest BCUT2D eigenvalue weighted by Crippen LogP contribution is -2.27. The Kier molecular flexibility index (Phi) is 10.2. The molecule has 288 valence electrons. The van der Waals surface area contributed by atoms with Crippen LogP contribution in [0, 0.1) is 0 Å². The predicted molar refractivity (Wildman–Crippen MR) is 186 cm³/mol. The molecule has 0 aliphatic carbocycles. The van der Waals surface area contributed by atoms with Crippen LogP contribution in [0.2, 0.25) is 0 Å². The number of alkyl halides is 12. The molecule has 2 nitrogen and oxygen atoms in total. The Morgan fingerprint density at radius 2 is 0.836 bits per heavy atom. The molecule has 0 unspecified atom stereocenters. The highest BCUT2D eigenvalue weighted by Crippen LogP contribution is 2.49. The van der Waals surface area contributed by atoms with Crippen molar-refractivity contribution >= 4 is 42.4 Å². The fourth-order valence-corrected chi connectivity index (χ4v) is 12.0. The van der Waals surface area contributed by atoms with Crippen molar-refractivity contribution in [2.24, 2.45) is 0 Å². The van der Waals surface area contributed by atoms with E-state index in [4.69, 9.17) is 9.47 Å². The average Bonchev–Trinajstić information content (AvgIpc) is 3.80. The summed E-state index contributed by atoms with van der Waals surface area (Å²) in [4.78, 5) is 0. The molecular formula is C39H26F12O2P2. The Morgan fingerprint density at radius 1 is 0.455 bits per heavy atom. The molecule has 16 heteroatoms. The van der Waals surface area contributed by atoms with Crippen LogP contribution in [0.15, 0.2) is 97.1 Å². The van der Waals surface area contributed by atoms with Gasteiger partial charge >= 0.3 is 24.7 Å². The third-order valence-electron chi connectivity index (χ3n) is 9.20. The minimum absolute atomic E-state index is 0.135. The molecule has 5 aromatic carbocycles. The molecule has 0 radical (unpaired) electrons. The first-order valence-corrected chi connectivity index (χ1v) is 19.4. The molecule has 0 spiro atoms. The van der Waals surface area contributed by atoms with Crippen LogP contribution in [-0.4, -0.2) is 13.2 Å². The third kappa shape index (κ3) is 8.03. The van der Waals surface area contributed by atoms with Crippen molar-refractivity contribution in [2.45, 2.75) is 43.7 Å². The van der Waals surface area contributed by atoms with E-state index in [1.807, 2.05) is 36.4 Å². The van der Waals surface area contributed by atoms with E-state index < -0.39 is 79.6 Å².